The summed E-state index contributed by atoms with van der Waals surface area (Å²) < 4.78 is 0. The SMILES string of the molecule is NCC(Cc1ccc(Cl)cc1)N1CCCC1. The van der Waals surface area contributed by atoms with Crippen LogP contribution in [-0.4, -0.2) is 30.6 Å². The third-order valence-corrected chi connectivity index (χ3v) is 3.57. The van der Waals surface area contributed by atoms with Crippen LogP contribution < -0.4 is 5.73 Å². The highest BCUT2D eigenvalue weighted by Gasteiger charge is 2.20. The predicted octanol–water partition coefficient (Wildman–Crippen LogP) is 2.31. The van der Waals surface area contributed by atoms with Gasteiger partial charge in [-0.3, -0.25) is 4.90 Å². The fourth-order valence-corrected chi connectivity index (χ4v) is 2.49. The lowest BCUT2D eigenvalue weighted by Crippen LogP contribution is -2.40. The van der Waals surface area contributed by atoms with E-state index >= 15 is 0 Å². The van der Waals surface area contributed by atoms with E-state index in [-0.39, 0.29) is 0 Å². The number of likely N-dealkylation sites (tertiary alicyclic amines) is 1. The molecular formula is C13H19ClN2. The second-order valence-electron chi connectivity index (χ2n) is 4.46. The van der Waals surface area contributed by atoms with Crippen molar-refractivity contribution in [2.75, 3.05) is 19.6 Å². The molecule has 3 heteroatoms. The van der Waals surface area contributed by atoms with Crippen LogP contribution >= 0.6 is 11.6 Å². The van der Waals surface area contributed by atoms with E-state index < -0.39 is 0 Å². The summed E-state index contributed by atoms with van der Waals surface area (Å²) in [4.78, 5) is 2.51. The molecular weight excluding hydrogens is 220 g/mol. The van der Waals surface area contributed by atoms with Crippen LogP contribution in [0.25, 0.3) is 0 Å². The van der Waals surface area contributed by atoms with Gasteiger partial charge < -0.3 is 5.73 Å². The summed E-state index contributed by atoms with van der Waals surface area (Å²) in [6.07, 6.45) is 3.67. The van der Waals surface area contributed by atoms with Crippen LogP contribution in [0.1, 0.15) is 18.4 Å². The minimum absolute atomic E-state index is 0.490. The highest BCUT2D eigenvalue weighted by atomic mass is 35.5. The molecule has 1 saturated heterocycles. The number of benzene rings is 1. The Kier molecular flexibility index (Phi) is 4.22. The normalized spacial score (nSPS) is 18.9. The van der Waals surface area contributed by atoms with Crippen molar-refractivity contribution in [3.05, 3.63) is 34.9 Å². The predicted molar refractivity (Wildman–Crippen MR) is 68.8 cm³/mol. The quantitative estimate of drug-likeness (QED) is 0.872. The molecule has 0 amide bonds. The summed E-state index contributed by atoms with van der Waals surface area (Å²) in [6, 6.07) is 8.59. The van der Waals surface area contributed by atoms with Crippen molar-refractivity contribution in [1.82, 2.24) is 4.90 Å². The fourth-order valence-electron chi connectivity index (χ4n) is 2.36. The molecule has 1 heterocycles. The molecule has 0 saturated carbocycles. The van der Waals surface area contributed by atoms with Crippen molar-refractivity contribution in [2.24, 2.45) is 5.73 Å². The van der Waals surface area contributed by atoms with E-state index in [1.807, 2.05) is 12.1 Å². The van der Waals surface area contributed by atoms with E-state index in [9.17, 15) is 0 Å². The van der Waals surface area contributed by atoms with Crippen molar-refractivity contribution in [3.8, 4) is 0 Å². The van der Waals surface area contributed by atoms with E-state index in [2.05, 4.69) is 17.0 Å². The molecule has 2 nitrogen and oxygen atoms in total. The summed E-state index contributed by atoms with van der Waals surface area (Å²) in [5.74, 6) is 0. The third-order valence-electron chi connectivity index (χ3n) is 3.31. The molecule has 2 rings (SSSR count). The van der Waals surface area contributed by atoms with E-state index in [0.29, 0.717) is 6.04 Å². The van der Waals surface area contributed by atoms with Crippen LogP contribution in [0.4, 0.5) is 0 Å². The lowest BCUT2D eigenvalue weighted by molar-refractivity contribution is 0.246. The van der Waals surface area contributed by atoms with Gasteiger partial charge in [0.1, 0.15) is 0 Å². The van der Waals surface area contributed by atoms with Crippen LogP contribution in [0.3, 0.4) is 0 Å². The van der Waals surface area contributed by atoms with Crippen LogP contribution in [0, 0.1) is 0 Å². The zero-order chi connectivity index (χ0) is 11.4. The Bertz CT molecular complexity index is 317. The zero-order valence-electron chi connectivity index (χ0n) is 9.53. The minimum Gasteiger partial charge on any atom is -0.329 e. The molecule has 88 valence electrons. The molecule has 0 spiro atoms. The molecule has 0 radical (unpaired) electrons. The number of halogens is 1. The summed E-state index contributed by atoms with van der Waals surface area (Å²) in [7, 11) is 0. The molecule has 1 aromatic rings. The molecule has 0 aromatic heterocycles. The van der Waals surface area contributed by atoms with E-state index in [4.69, 9.17) is 17.3 Å². The minimum atomic E-state index is 0.490. The van der Waals surface area contributed by atoms with Crippen LogP contribution in [0.5, 0.6) is 0 Å². The number of rotatable bonds is 4. The highest BCUT2D eigenvalue weighted by Crippen LogP contribution is 2.16. The van der Waals surface area contributed by atoms with Gasteiger partial charge in [-0.15, -0.1) is 0 Å². The second kappa shape index (κ2) is 5.67. The molecule has 1 aliphatic rings. The second-order valence-corrected chi connectivity index (χ2v) is 4.90. The first-order chi connectivity index (χ1) is 7.79. The highest BCUT2D eigenvalue weighted by molar-refractivity contribution is 6.30. The van der Waals surface area contributed by atoms with Gasteiger partial charge in [0.05, 0.1) is 0 Å². The molecule has 1 atom stereocenters. The van der Waals surface area contributed by atoms with Crippen LogP contribution in [-0.2, 0) is 6.42 Å². The number of hydrogen-bond donors (Lipinski definition) is 1. The van der Waals surface area contributed by atoms with Gasteiger partial charge >= 0.3 is 0 Å². The topological polar surface area (TPSA) is 29.3 Å². The Morgan fingerprint density at radius 2 is 1.81 bits per heavy atom. The van der Waals surface area contributed by atoms with E-state index in [1.54, 1.807) is 0 Å². The van der Waals surface area contributed by atoms with Crippen molar-refractivity contribution < 1.29 is 0 Å². The fraction of sp³-hybridized carbons (Fsp3) is 0.538. The van der Waals surface area contributed by atoms with Gasteiger partial charge in [0, 0.05) is 17.6 Å². The van der Waals surface area contributed by atoms with Gasteiger partial charge in [0.15, 0.2) is 0 Å². The maximum Gasteiger partial charge on any atom is 0.0406 e. The Morgan fingerprint density at radius 1 is 1.19 bits per heavy atom. The third kappa shape index (κ3) is 2.97. The van der Waals surface area contributed by atoms with E-state index in [1.165, 1.54) is 31.5 Å². The summed E-state index contributed by atoms with van der Waals surface area (Å²) in [5, 5.41) is 0.800. The lowest BCUT2D eigenvalue weighted by atomic mass is 10.1. The molecule has 0 bridgehead atoms. The molecule has 1 fully saturated rings. The standard InChI is InChI=1S/C13H19ClN2/c14-12-5-3-11(4-6-12)9-13(10-15)16-7-1-2-8-16/h3-6,13H,1-2,7-10,15H2. The average Bonchev–Trinajstić information content (AvgIpc) is 2.82. The van der Waals surface area contributed by atoms with Gasteiger partial charge in [-0.05, 0) is 50.0 Å². The van der Waals surface area contributed by atoms with Crippen LogP contribution in [0.2, 0.25) is 5.02 Å². The number of nitrogens with zero attached hydrogens (tertiary/aromatic N) is 1. The zero-order valence-corrected chi connectivity index (χ0v) is 10.3. The van der Waals surface area contributed by atoms with Gasteiger partial charge in [-0.1, -0.05) is 23.7 Å². The number of nitrogens with two attached hydrogens (primary N) is 1. The molecule has 16 heavy (non-hydrogen) atoms. The Labute approximate surface area is 102 Å². The summed E-state index contributed by atoms with van der Waals surface area (Å²) in [5.41, 5.74) is 7.19. The van der Waals surface area contributed by atoms with E-state index in [0.717, 1.165) is 18.0 Å². The molecule has 1 unspecified atom stereocenters. The Balaban J connectivity index is 1.97. The maximum atomic E-state index is 5.87. The largest absolute Gasteiger partial charge is 0.329 e. The van der Waals surface area contributed by atoms with Gasteiger partial charge in [-0.25, -0.2) is 0 Å². The molecule has 1 aliphatic heterocycles. The van der Waals surface area contributed by atoms with Gasteiger partial charge in [-0.2, -0.15) is 0 Å². The summed E-state index contributed by atoms with van der Waals surface area (Å²) in [6.45, 7) is 3.15. The molecule has 0 aliphatic carbocycles. The lowest BCUT2D eigenvalue weighted by Gasteiger charge is -2.26. The molecule has 1 aromatic carbocycles. The first-order valence-electron chi connectivity index (χ1n) is 5.98. The molecule has 2 N–H and O–H groups in total. The van der Waals surface area contributed by atoms with Crippen molar-refractivity contribution in [3.63, 3.8) is 0 Å². The summed E-state index contributed by atoms with van der Waals surface area (Å²) >= 11 is 5.87. The first-order valence-corrected chi connectivity index (χ1v) is 6.36. The van der Waals surface area contributed by atoms with Gasteiger partial charge in [0.2, 0.25) is 0 Å². The van der Waals surface area contributed by atoms with Crippen LogP contribution in [0.15, 0.2) is 24.3 Å². The van der Waals surface area contributed by atoms with Crippen molar-refractivity contribution in [1.29, 1.82) is 0 Å². The Hall–Kier alpha value is -0.570. The van der Waals surface area contributed by atoms with Gasteiger partial charge in [0.25, 0.3) is 0 Å². The monoisotopic (exact) mass is 238 g/mol. The first kappa shape index (κ1) is 11.9. The smallest absolute Gasteiger partial charge is 0.0406 e. The van der Waals surface area contributed by atoms with Crippen molar-refractivity contribution in [2.45, 2.75) is 25.3 Å². The Morgan fingerprint density at radius 3 is 2.38 bits per heavy atom. The van der Waals surface area contributed by atoms with Crippen molar-refractivity contribution >= 4 is 11.6 Å². The average molecular weight is 239 g/mol. The number of hydrogen-bond acceptors (Lipinski definition) is 2. The maximum absolute atomic E-state index is 5.87.